The lowest BCUT2D eigenvalue weighted by atomic mass is 9.97. The first-order valence-corrected chi connectivity index (χ1v) is 19.4. The van der Waals surface area contributed by atoms with Crippen LogP contribution < -0.4 is 5.32 Å². The molecule has 1 N–H and O–H groups in total. The van der Waals surface area contributed by atoms with Crippen molar-refractivity contribution in [3.05, 3.63) is 155 Å². The molecule has 4 aromatic carbocycles. The second-order valence-corrected chi connectivity index (χ2v) is 15.0. The van der Waals surface area contributed by atoms with Gasteiger partial charge in [0, 0.05) is 6.42 Å². The fraction of sp³-hybridized carbons (Fsp3) is 0.378. The van der Waals surface area contributed by atoms with Crippen molar-refractivity contribution in [2.24, 2.45) is 0 Å². The van der Waals surface area contributed by atoms with E-state index >= 15 is 0 Å². The van der Waals surface area contributed by atoms with Crippen molar-refractivity contribution < 1.29 is 42.7 Å². The van der Waals surface area contributed by atoms with Gasteiger partial charge in [-0.2, -0.15) is 0 Å². The summed E-state index contributed by atoms with van der Waals surface area (Å²) >= 11 is 0. The highest BCUT2D eigenvalue weighted by Gasteiger charge is 2.50. The Labute approximate surface area is 339 Å². The summed E-state index contributed by atoms with van der Waals surface area (Å²) in [5, 5.41) is 11.5. The molecule has 0 radical (unpaired) electrons. The number of nitrogens with zero attached hydrogens (tertiary/aromatic N) is 3. The average Bonchev–Trinajstić information content (AvgIpc) is 3.70. The molecule has 0 spiro atoms. The van der Waals surface area contributed by atoms with Crippen LogP contribution in [-0.4, -0.2) is 76.8 Å². The second kappa shape index (κ2) is 20.8. The fourth-order valence-electron chi connectivity index (χ4n) is 6.50. The molecule has 13 heteroatoms. The fourth-order valence-corrected chi connectivity index (χ4v) is 6.50. The molecule has 0 bridgehead atoms. The summed E-state index contributed by atoms with van der Waals surface area (Å²) in [6.45, 7) is 6.52. The Balaban J connectivity index is 1.34. The Kier molecular flexibility index (Phi) is 15.1. The van der Waals surface area contributed by atoms with Gasteiger partial charge in [-0.05, 0) is 43.0 Å². The molecule has 1 aliphatic heterocycles. The van der Waals surface area contributed by atoms with Crippen LogP contribution in [0.2, 0.25) is 0 Å². The van der Waals surface area contributed by atoms with Gasteiger partial charge >= 0.3 is 12.1 Å². The van der Waals surface area contributed by atoms with Gasteiger partial charge in [0.25, 0.3) is 0 Å². The Bertz CT molecular complexity index is 1980. The van der Waals surface area contributed by atoms with E-state index in [1.54, 1.807) is 31.6 Å². The number of rotatable bonds is 18. The van der Waals surface area contributed by atoms with Gasteiger partial charge in [0.1, 0.15) is 36.1 Å². The number of hydrogen-bond donors (Lipinski definition) is 1. The summed E-state index contributed by atoms with van der Waals surface area (Å²) in [7, 11) is 1.25. The normalized spacial score (nSPS) is 19.9. The SMILES string of the molecule is COC(=O)[C@@H](Cc1cn([C@@H]2O[C@H](COCc3ccccc3)[C@@H](OCc3ccccc3)[C@H](OCc3ccccc3)[C@H]2OCc2ccccc2)nn1)NC(=O)OC(C)(C)C. The zero-order valence-corrected chi connectivity index (χ0v) is 33.3. The summed E-state index contributed by atoms with van der Waals surface area (Å²) in [5.74, 6) is -0.665. The molecular weight excluding hydrogens is 741 g/mol. The van der Waals surface area contributed by atoms with Gasteiger partial charge < -0.3 is 38.5 Å². The van der Waals surface area contributed by atoms with Gasteiger partial charge in [-0.1, -0.05) is 127 Å². The number of carbonyl (C=O) groups excluding carboxylic acids is 2. The minimum absolute atomic E-state index is 0.0332. The third-order valence-electron chi connectivity index (χ3n) is 9.27. The first-order chi connectivity index (χ1) is 28.1. The number of carbonyl (C=O) groups is 2. The van der Waals surface area contributed by atoms with Crippen LogP contribution in [0.15, 0.2) is 128 Å². The molecule has 1 aliphatic rings. The molecule has 2 heterocycles. The summed E-state index contributed by atoms with van der Waals surface area (Å²) in [4.78, 5) is 25.5. The summed E-state index contributed by atoms with van der Waals surface area (Å²) < 4.78 is 45.6. The number of nitrogens with one attached hydrogen (secondary N) is 1. The maximum atomic E-state index is 12.8. The minimum atomic E-state index is -1.10. The Morgan fingerprint density at radius 1 is 0.707 bits per heavy atom. The van der Waals surface area contributed by atoms with E-state index < -0.39 is 54.3 Å². The second-order valence-electron chi connectivity index (χ2n) is 15.0. The molecule has 0 aliphatic carbocycles. The van der Waals surface area contributed by atoms with E-state index in [1.165, 1.54) is 7.11 Å². The van der Waals surface area contributed by atoms with Gasteiger partial charge in [-0.25, -0.2) is 14.3 Å². The van der Waals surface area contributed by atoms with Gasteiger partial charge in [-0.15, -0.1) is 5.10 Å². The molecular formula is C45H52N4O9. The lowest BCUT2D eigenvalue weighted by Crippen LogP contribution is -2.59. The van der Waals surface area contributed by atoms with Crippen LogP contribution in [0.4, 0.5) is 4.79 Å². The van der Waals surface area contributed by atoms with E-state index in [-0.39, 0.29) is 26.2 Å². The van der Waals surface area contributed by atoms with Crippen molar-refractivity contribution in [2.75, 3.05) is 13.7 Å². The predicted octanol–water partition coefficient (Wildman–Crippen LogP) is 6.76. The Morgan fingerprint density at radius 3 is 1.69 bits per heavy atom. The number of aromatic nitrogens is 3. The topological polar surface area (TPSA) is 141 Å². The van der Waals surface area contributed by atoms with Gasteiger partial charge in [0.05, 0.1) is 52.0 Å². The van der Waals surface area contributed by atoms with Crippen LogP contribution in [-0.2, 0) is 70.8 Å². The molecule has 306 valence electrons. The number of alkyl carbamates (subject to hydrolysis) is 1. The highest BCUT2D eigenvalue weighted by Crippen LogP contribution is 2.36. The average molecular weight is 793 g/mol. The summed E-state index contributed by atoms with van der Waals surface area (Å²) in [5.41, 5.74) is 3.53. The first kappa shape index (κ1) is 42.2. The monoisotopic (exact) mass is 792 g/mol. The van der Waals surface area contributed by atoms with E-state index in [4.69, 9.17) is 33.2 Å². The maximum absolute atomic E-state index is 12.8. The molecule has 0 unspecified atom stereocenters. The van der Waals surface area contributed by atoms with Gasteiger partial charge in [0.2, 0.25) is 0 Å². The first-order valence-electron chi connectivity index (χ1n) is 19.4. The molecule has 1 fully saturated rings. The number of esters is 1. The molecule has 1 amide bonds. The zero-order chi connectivity index (χ0) is 40.7. The van der Waals surface area contributed by atoms with Crippen LogP contribution >= 0.6 is 0 Å². The lowest BCUT2D eigenvalue weighted by molar-refractivity contribution is -0.292. The lowest BCUT2D eigenvalue weighted by Gasteiger charge is -2.46. The van der Waals surface area contributed by atoms with Crippen LogP contribution in [0.25, 0.3) is 0 Å². The largest absolute Gasteiger partial charge is 0.467 e. The van der Waals surface area contributed by atoms with Gasteiger partial charge in [0.15, 0.2) is 6.23 Å². The Morgan fingerprint density at radius 2 is 1.19 bits per heavy atom. The van der Waals surface area contributed by atoms with Crippen LogP contribution in [0.3, 0.4) is 0 Å². The highest BCUT2D eigenvalue weighted by atomic mass is 16.6. The minimum Gasteiger partial charge on any atom is -0.467 e. The number of hydrogen-bond acceptors (Lipinski definition) is 11. The van der Waals surface area contributed by atoms with Gasteiger partial charge in [-0.3, -0.25) is 0 Å². The third-order valence-corrected chi connectivity index (χ3v) is 9.27. The molecule has 1 aromatic heterocycles. The molecule has 6 atom stereocenters. The van der Waals surface area contributed by atoms with Crippen LogP contribution in [0, 0.1) is 0 Å². The van der Waals surface area contributed by atoms with Crippen molar-refractivity contribution in [1.82, 2.24) is 20.3 Å². The van der Waals surface area contributed by atoms with E-state index in [9.17, 15) is 9.59 Å². The smallest absolute Gasteiger partial charge is 0.408 e. The summed E-state index contributed by atoms with van der Waals surface area (Å²) in [6.07, 6.45) is -2.80. The van der Waals surface area contributed by atoms with Crippen molar-refractivity contribution in [3.63, 3.8) is 0 Å². The quantitative estimate of drug-likeness (QED) is 0.0942. The summed E-state index contributed by atoms with van der Waals surface area (Å²) in [6, 6.07) is 38.5. The number of ether oxygens (including phenoxy) is 7. The van der Waals surface area contributed by atoms with E-state index in [1.807, 2.05) is 121 Å². The van der Waals surface area contributed by atoms with Crippen LogP contribution in [0.5, 0.6) is 0 Å². The number of amides is 1. The molecule has 5 aromatic rings. The number of methoxy groups -OCH3 is 1. The van der Waals surface area contributed by atoms with Crippen LogP contribution in [0.1, 0.15) is 54.9 Å². The standard InChI is InChI=1S/C45H52N4O9/c1-45(2,3)58-44(51)46-37(43(50)52-4)25-36-26-49(48-47-36)42-41(56-30-35-23-15-8-16-24-35)40(55-29-34-21-13-7-14-22-34)39(54-28-33-19-11-6-12-20-33)38(57-42)31-53-27-32-17-9-5-10-18-32/h5-24,26,37-42H,25,27-31H2,1-4H3,(H,46,51)/t37-,38-,39-,40+,41-,42-/m1/s1. The zero-order valence-electron chi connectivity index (χ0n) is 33.3. The van der Waals surface area contributed by atoms with Crippen molar-refractivity contribution in [3.8, 4) is 0 Å². The van der Waals surface area contributed by atoms with Crippen molar-refractivity contribution >= 4 is 12.1 Å². The maximum Gasteiger partial charge on any atom is 0.408 e. The van der Waals surface area contributed by atoms with E-state index in [0.29, 0.717) is 18.9 Å². The third kappa shape index (κ3) is 12.5. The molecule has 1 saturated heterocycles. The molecule has 6 rings (SSSR count). The Hall–Kier alpha value is -5.44. The highest BCUT2D eigenvalue weighted by molar-refractivity contribution is 5.81. The molecule has 58 heavy (non-hydrogen) atoms. The van der Waals surface area contributed by atoms with E-state index in [0.717, 1.165) is 22.3 Å². The van der Waals surface area contributed by atoms with Crippen molar-refractivity contribution in [1.29, 1.82) is 0 Å². The number of benzene rings is 4. The molecule has 13 nitrogen and oxygen atoms in total. The van der Waals surface area contributed by atoms with Crippen molar-refractivity contribution in [2.45, 2.75) is 95.9 Å². The predicted molar refractivity (Wildman–Crippen MR) is 214 cm³/mol. The van der Waals surface area contributed by atoms with E-state index in [2.05, 4.69) is 15.6 Å². The molecule has 0 saturated carbocycles.